The van der Waals surface area contributed by atoms with Gasteiger partial charge in [0.1, 0.15) is 16.5 Å². The van der Waals surface area contributed by atoms with Gasteiger partial charge in [0.05, 0.1) is 26.5 Å². The average Bonchev–Trinajstić information content (AvgIpc) is 3.08. The summed E-state index contributed by atoms with van der Waals surface area (Å²) < 4.78 is 57.0. The first-order valence-corrected chi connectivity index (χ1v) is 8.89. The Morgan fingerprint density at radius 3 is 2.40 bits per heavy atom. The Morgan fingerprint density at radius 2 is 1.88 bits per heavy atom. The molecule has 1 heterocycles. The lowest BCUT2D eigenvalue weighted by molar-refractivity contribution is 0.259. The number of nitrogens with zero attached hydrogens (tertiary/aromatic N) is 1. The van der Waals surface area contributed by atoms with Crippen LogP contribution in [0.1, 0.15) is 11.8 Å². The van der Waals surface area contributed by atoms with Crippen molar-refractivity contribution < 1.29 is 26.7 Å². The molecule has 0 fully saturated rings. The number of likely N-dealkylation sites (N-methyl/N-ethyl adjacent to an activating group) is 1. The van der Waals surface area contributed by atoms with Crippen LogP contribution in [0.2, 0.25) is 0 Å². The van der Waals surface area contributed by atoms with Gasteiger partial charge in [-0.25, -0.2) is 17.5 Å². The SMILES string of the molecule is COc1cc(F)c(S(=O)(=O)NCC(c2ccco2)N(C)C)cc1OC. The van der Waals surface area contributed by atoms with Gasteiger partial charge in [0.25, 0.3) is 0 Å². The minimum Gasteiger partial charge on any atom is -0.493 e. The molecule has 0 aliphatic carbocycles. The van der Waals surface area contributed by atoms with Crippen molar-refractivity contribution in [1.82, 2.24) is 9.62 Å². The molecule has 7 nitrogen and oxygen atoms in total. The number of methoxy groups -OCH3 is 2. The van der Waals surface area contributed by atoms with Crippen molar-refractivity contribution in [1.29, 1.82) is 0 Å². The van der Waals surface area contributed by atoms with Crippen molar-refractivity contribution in [3.8, 4) is 11.5 Å². The van der Waals surface area contributed by atoms with Crippen molar-refractivity contribution in [2.45, 2.75) is 10.9 Å². The molecule has 0 saturated heterocycles. The van der Waals surface area contributed by atoms with Crippen LogP contribution >= 0.6 is 0 Å². The maximum absolute atomic E-state index is 14.2. The summed E-state index contributed by atoms with van der Waals surface area (Å²) in [5.41, 5.74) is 0. The molecule has 25 heavy (non-hydrogen) atoms. The predicted octanol–water partition coefficient (Wildman–Crippen LogP) is 2.02. The Morgan fingerprint density at radius 1 is 1.24 bits per heavy atom. The molecule has 2 rings (SSSR count). The quantitative estimate of drug-likeness (QED) is 0.764. The van der Waals surface area contributed by atoms with E-state index in [1.165, 1.54) is 20.5 Å². The first kappa shape index (κ1) is 19.2. The zero-order valence-electron chi connectivity index (χ0n) is 14.4. The van der Waals surface area contributed by atoms with Gasteiger partial charge < -0.3 is 13.9 Å². The molecular formula is C16H21FN2O5S. The van der Waals surface area contributed by atoms with E-state index < -0.39 is 20.7 Å². The summed E-state index contributed by atoms with van der Waals surface area (Å²) in [6.07, 6.45) is 1.51. The number of halogens is 1. The van der Waals surface area contributed by atoms with Crippen molar-refractivity contribution in [2.24, 2.45) is 0 Å². The smallest absolute Gasteiger partial charge is 0.243 e. The lowest BCUT2D eigenvalue weighted by Gasteiger charge is -2.22. The molecule has 1 unspecified atom stereocenters. The first-order chi connectivity index (χ1) is 11.8. The number of sulfonamides is 1. The first-order valence-electron chi connectivity index (χ1n) is 7.41. The van der Waals surface area contributed by atoms with Crippen LogP contribution in [-0.2, 0) is 10.0 Å². The van der Waals surface area contributed by atoms with E-state index in [9.17, 15) is 12.8 Å². The summed E-state index contributed by atoms with van der Waals surface area (Å²) in [5.74, 6) is -0.0924. The van der Waals surface area contributed by atoms with Crippen molar-refractivity contribution in [2.75, 3.05) is 34.9 Å². The molecule has 9 heteroatoms. The highest BCUT2D eigenvalue weighted by Crippen LogP contribution is 2.32. The van der Waals surface area contributed by atoms with Crippen LogP contribution in [0, 0.1) is 5.82 Å². The summed E-state index contributed by atoms with van der Waals surface area (Å²) in [6.45, 7) is 0.0105. The Labute approximate surface area is 146 Å². The number of ether oxygens (including phenoxy) is 2. The standard InChI is InChI=1S/C16H21FN2O5S/c1-19(2)12(13-6-5-7-24-13)10-18-25(20,21)16-9-15(23-4)14(22-3)8-11(16)17/h5-9,12,18H,10H2,1-4H3. The second-order valence-corrected chi connectivity index (χ2v) is 7.22. The van der Waals surface area contributed by atoms with Crippen LogP contribution in [0.3, 0.4) is 0 Å². The molecule has 1 aromatic carbocycles. The van der Waals surface area contributed by atoms with Crippen molar-refractivity contribution in [3.05, 3.63) is 42.1 Å². The summed E-state index contributed by atoms with van der Waals surface area (Å²) in [6, 6.07) is 5.19. The van der Waals surface area contributed by atoms with Crippen LogP contribution in [0.5, 0.6) is 11.5 Å². The fourth-order valence-corrected chi connectivity index (χ4v) is 3.44. The zero-order valence-corrected chi connectivity index (χ0v) is 15.3. The Kier molecular flexibility index (Phi) is 6.04. The fraction of sp³-hybridized carbons (Fsp3) is 0.375. The normalized spacial score (nSPS) is 13.0. The molecule has 0 amide bonds. The van der Waals surface area contributed by atoms with Crippen LogP contribution in [0.25, 0.3) is 0 Å². The van der Waals surface area contributed by atoms with Gasteiger partial charge in [-0.3, -0.25) is 4.90 Å². The van der Waals surface area contributed by atoms with Gasteiger partial charge in [-0.15, -0.1) is 0 Å². The highest BCUT2D eigenvalue weighted by Gasteiger charge is 2.25. The molecule has 138 valence electrons. The van der Waals surface area contributed by atoms with Gasteiger partial charge >= 0.3 is 0 Å². The highest BCUT2D eigenvalue weighted by molar-refractivity contribution is 7.89. The molecule has 0 radical (unpaired) electrons. The molecule has 0 bridgehead atoms. The number of furan rings is 1. The topological polar surface area (TPSA) is 81.0 Å². The number of hydrogen-bond donors (Lipinski definition) is 1. The largest absolute Gasteiger partial charge is 0.493 e. The van der Waals surface area contributed by atoms with E-state index >= 15 is 0 Å². The van der Waals surface area contributed by atoms with Gasteiger partial charge in [0.15, 0.2) is 11.5 Å². The summed E-state index contributed by atoms with van der Waals surface area (Å²) in [5, 5.41) is 0. The van der Waals surface area contributed by atoms with Gasteiger partial charge in [-0.05, 0) is 26.2 Å². The maximum Gasteiger partial charge on any atom is 0.243 e. The molecule has 0 aliphatic heterocycles. The lowest BCUT2D eigenvalue weighted by atomic mass is 10.2. The fourth-order valence-electron chi connectivity index (χ4n) is 2.33. The van der Waals surface area contributed by atoms with E-state index in [0.717, 1.165) is 12.1 Å². The maximum atomic E-state index is 14.2. The van der Waals surface area contributed by atoms with Crippen LogP contribution in [-0.4, -0.2) is 48.2 Å². The Hall–Kier alpha value is -2.10. The van der Waals surface area contributed by atoms with E-state index in [1.54, 1.807) is 31.1 Å². The molecule has 1 aromatic heterocycles. The minimum absolute atomic E-state index is 0.0105. The second-order valence-electron chi connectivity index (χ2n) is 5.48. The van der Waals surface area contributed by atoms with E-state index in [1.807, 2.05) is 0 Å². The molecule has 1 atom stereocenters. The monoisotopic (exact) mass is 372 g/mol. The van der Waals surface area contributed by atoms with E-state index in [0.29, 0.717) is 5.76 Å². The third kappa shape index (κ3) is 4.30. The molecular weight excluding hydrogens is 351 g/mol. The second kappa shape index (κ2) is 7.85. The Balaban J connectivity index is 2.27. The van der Waals surface area contributed by atoms with Crippen LogP contribution in [0.4, 0.5) is 4.39 Å². The third-order valence-electron chi connectivity index (χ3n) is 3.69. The molecule has 1 N–H and O–H groups in total. The zero-order chi connectivity index (χ0) is 18.6. The Bertz CT molecular complexity index is 806. The molecule has 0 aliphatic rings. The highest BCUT2D eigenvalue weighted by atomic mass is 32.2. The van der Waals surface area contributed by atoms with Crippen molar-refractivity contribution in [3.63, 3.8) is 0 Å². The number of rotatable bonds is 8. The lowest BCUT2D eigenvalue weighted by Crippen LogP contribution is -2.34. The predicted molar refractivity (Wildman–Crippen MR) is 89.8 cm³/mol. The van der Waals surface area contributed by atoms with Crippen LogP contribution in [0.15, 0.2) is 39.8 Å². The third-order valence-corrected chi connectivity index (χ3v) is 5.13. The molecule has 2 aromatic rings. The van der Waals surface area contributed by atoms with Gasteiger partial charge in [-0.1, -0.05) is 0 Å². The number of benzene rings is 1. The van der Waals surface area contributed by atoms with Gasteiger partial charge in [0, 0.05) is 18.7 Å². The van der Waals surface area contributed by atoms with E-state index in [2.05, 4.69) is 4.72 Å². The molecule has 0 spiro atoms. The van der Waals surface area contributed by atoms with E-state index in [-0.39, 0.29) is 24.1 Å². The van der Waals surface area contributed by atoms with Gasteiger partial charge in [-0.2, -0.15) is 0 Å². The number of nitrogens with one attached hydrogen (secondary N) is 1. The average molecular weight is 372 g/mol. The minimum atomic E-state index is -4.10. The van der Waals surface area contributed by atoms with Crippen molar-refractivity contribution >= 4 is 10.0 Å². The van der Waals surface area contributed by atoms with E-state index in [4.69, 9.17) is 13.9 Å². The van der Waals surface area contributed by atoms with Gasteiger partial charge in [0.2, 0.25) is 10.0 Å². The van der Waals surface area contributed by atoms with Crippen LogP contribution < -0.4 is 14.2 Å². The number of hydrogen-bond acceptors (Lipinski definition) is 6. The summed E-state index contributed by atoms with van der Waals surface area (Å²) in [4.78, 5) is 1.29. The molecule has 0 saturated carbocycles. The summed E-state index contributed by atoms with van der Waals surface area (Å²) >= 11 is 0. The summed E-state index contributed by atoms with van der Waals surface area (Å²) in [7, 11) is 2.17.